The quantitative estimate of drug-likeness (QED) is 0.0520. The van der Waals surface area contributed by atoms with Crippen LogP contribution in [0.5, 0.6) is 0 Å². The highest BCUT2D eigenvalue weighted by molar-refractivity contribution is 7.95. The van der Waals surface area contributed by atoms with Gasteiger partial charge in [0, 0.05) is 6.61 Å². The van der Waals surface area contributed by atoms with Crippen LogP contribution in [0.1, 0.15) is 233 Å². The molecule has 0 rings (SSSR count). The molecule has 0 radical (unpaired) electrons. The Bertz CT molecular complexity index is 494. The van der Waals surface area contributed by atoms with Crippen LogP contribution in [0.15, 0.2) is 0 Å². The van der Waals surface area contributed by atoms with E-state index in [4.69, 9.17) is 14.7 Å². The highest BCUT2D eigenvalue weighted by atomic mass is 32.2. The molecule has 0 aliphatic carbocycles. The van der Waals surface area contributed by atoms with Crippen LogP contribution in [0.3, 0.4) is 0 Å². The molecule has 0 bridgehead atoms. The smallest absolute Gasteiger partial charge is 0.0614 e. The Morgan fingerprint density at radius 3 is 1.07 bits per heavy atom. The summed E-state index contributed by atoms with van der Waals surface area (Å²) in [5.41, 5.74) is 5.87. The zero-order chi connectivity index (χ0) is 33.4. The summed E-state index contributed by atoms with van der Waals surface area (Å²) >= 11 is 1.67. The Hall–Kier alpha value is 0.230. The van der Waals surface area contributed by atoms with Gasteiger partial charge in [-0.05, 0) is 43.8 Å². The van der Waals surface area contributed by atoms with E-state index in [9.17, 15) is 0 Å². The van der Waals surface area contributed by atoms with Crippen molar-refractivity contribution in [2.75, 3.05) is 26.4 Å². The minimum atomic E-state index is 0.394. The number of unbranched alkanes of at least 4 members (excludes halogenated alkanes) is 30. The molecule has 2 atom stereocenters. The zero-order valence-electron chi connectivity index (χ0n) is 32.1. The molecule has 0 spiro atoms. The van der Waals surface area contributed by atoms with E-state index in [1.165, 1.54) is 205 Å². The highest BCUT2D eigenvalue weighted by Crippen LogP contribution is 2.24. The number of nitrogens with two attached hydrogens (primary N) is 1. The average Bonchev–Trinajstić information content (AvgIpc) is 3.06. The number of hydrogen-bond donors (Lipinski definition) is 1. The lowest BCUT2D eigenvalue weighted by Crippen LogP contribution is -2.24. The molecule has 3 nitrogen and oxygen atoms in total. The lowest BCUT2D eigenvalue weighted by molar-refractivity contribution is 0.119. The summed E-state index contributed by atoms with van der Waals surface area (Å²) in [6.45, 7) is 10.2. The molecule has 0 saturated heterocycles. The third-order valence-electron chi connectivity index (χ3n) is 9.95. The van der Waals surface area contributed by atoms with E-state index in [1.54, 1.807) is 12.0 Å². The van der Waals surface area contributed by atoms with Gasteiger partial charge in [0.1, 0.15) is 0 Å². The molecule has 0 aliphatic rings. The minimum Gasteiger partial charge on any atom is -0.380 e. The maximum Gasteiger partial charge on any atom is 0.0614 e. The van der Waals surface area contributed by atoms with Crippen molar-refractivity contribution in [2.24, 2.45) is 11.7 Å². The molecule has 0 saturated carbocycles. The van der Waals surface area contributed by atoms with Crippen molar-refractivity contribution in [3.05, 3.63) is 0 Å². The van der Waals surface area contributed by atoms with Crippen molar-refractivity contribution in [1.82, 2.24) is 0 Å². The second kappa shape index (κ2) is 41.4. The van der Waals surface area contributed by atoms with Crippen molar-refractivity contribution in [1.29, 1.82) is 0 Å². The van der Waals surface area contributed by atoms with Crippen LogP contribution in [0.25, 0.3) is 0 Å². The minimum absolute atomic E-state index is 0.394. The van der Waals surface area contributed by atoms with Gasteiger partial charge < -0.3 is 14.7 Å². The summed E-state index contributed by atoms with van der Waals surface area (Å²) in [7, 11) is 0. The first-order chi connectivity index (χ1) is 22.8. The van der Waals surface area contributed by atoms with Gasteiger partial charge in [0.15, 0.2) is 0 Å². The fraction of sp³-hybridized carbons (Fsp3) is 1.00. The molecular weight excluding hydrogens is 583 g/mol. The van der Waals surface area contributed by atoms with Gasteiger partial charge in [-0.3, -0.25) is 0 Å². The molecule has 4 heteroatoms. The van der Waals surface area contributed by atoms with Crippen LogP contribution in [-0.2, 0) is 8.92 Å². The molecule has 0 heterocycles. The molecule has 0 fully saturated rings. The molecule has 0 aliphatic heterocycles. The Morgan fingerprint density at radius 2 is 0.739 bits per heavy atom. The van der Waals surface area contributed by atoms with E-state index >= 15 is 0 Å². The van der Waals surface area contributed by atoms with E-state index in [1.807, 2.05) is 0 Å². The molecule has 0 aromatic carbocycles. The average molecular weight is 670 g/mol. The largest absolute Gasteiger partial charge is 0.380 e. The van der Waals surface area contributed by atoms with Gasteiger partial charge in [0.2, 0.25) is 0 Å². The molecule has 2 unspecified atom stereocenters. The van der Waals surface area contributed by atoms with Crippen LogP contribution in [-0.4, -0.2) is 31.6 Å². The van der Waals surface area contributed by atoms with E-state index in [2.05, 4.69) is 20.8 Å². The maximum absolute atomic E-state index is 6.13. The van der Waals surface area contributed by atoms with Crippen LogP contribution >= 0.6 is 12.0 Å². The summed E-state index contributed by atoms with van der Waals surface area (Å²) in [4.78, 5) is 0. The normalized spacial score (nSPS) is 13.0. The van der Waals surface area contributed by atoms with Gasteiger partial charge in [-0.15, -0.1) is 0 Å². The van der Waals surface area contributed by atoms with Crippen molar-refractivity contribution in [2.45, 2.75) is 238 Å². The van der Waals surface area contributed by atoms with Gasteiger partial charge in [-0.2, -0.15) is 0 Å². The molecule has 2 N–H and O–H groups in total. The lowest BCUT2D eigenvalue weighted by atomic mass is 10.0. The molecular formula is C42H87NO2S. The fourth-order valence-corrected chi connectivity index (χ4v) is 7.40. The Kier molecular flexibility index (Phi) is 41.6. The maximum atomic E-state index is 6.13. The van der Waals surface area contributed by atoms with Crippen molar-refractivity contribution < 1.29 is 8.92 Å². The first-order valence-corrected chi connectivity index (χ1v) is 22.1. The summed E-state index contributed by atoms with van der Waals surface area (Å²) in [5, 5.41) is 0.394. The Labute approximate surface area is 296 Å². The number of hydrogen-bond acceptors (Lipinski definition) is 4. The number of rotatable bonds is 41. The van der Waals surface area contributed by atoms with Crippen LogP contribution in [0.2, 0.25) is 0 Å². The Balaban J connectivity index is 3.54. The van der Waals surface area contributed by atoms with Crippen LogP contribution < -0.4 is 5.73 Å². The predicted octanol–water partition coefficient (Wildman–Crippen LogP) is 14.5. The molecule has 0 aromatic rings. The first kappa shape index (κ1) is 46.2. The third kappa shape index (κ3) is 37.1. The van der Waals surface area contributed by atoms with Gasteiger partial charge in [-0.25, -0.2) is 0 Å². The molecule has 0 aromatic heterocycles. The highest BCUT2D eigenvalue weighted by Gasteiger charge is 2.18. The summed E-state index contributed by atoms with van der Waals surface area (Å²) in [6, 6.07) is 0. The zero-order valence-corrected chi connectivity index (χ0v) is 32.9. The van der Waals surface area contributed by atoms with E-state index in [-0.39, 0.29) is 0 Å². The predicted molar refractivity (Wildman–Crippen MR) is 210 cm³/mol. The van der Waals surface area contributed by atoms with Crippen molar-refractivity contribution in [3.8, 4) is 0 Å². The van der Waals surface area contributed by atoms with E-state index in [0.29, 0.717) is 11.2 Å². The molecule has 46 heavy (non-hydrogen) atoms. The number of ether oxygens (including phenoxy) is 1. The topological polar surface area (TPSA) is 44.5 Å². The summed E-state index contributed by atoms with van der Waals surface area (Å²) < 4.78 is 12.2. The first-order valence-electron chi connectivity index (χ1n) is 21.3. The summed E-state index contributed by atoms with van der Waals surface area (Å²) in [6.07, 6.45) is 46.1. The summed E-state index contributed by atoms with van der Waals surface area (Å²) in [5.74, 6) is 0.534. The standard InChI is InChI=1S/C42H87NO2S/c1-4-6-8-10-12-14-16-18-20-22-24-26-28-30-32-34-38-44-40-42(41(3)36-37-43)46-45-39-35-33-31-29-27-25-23-21-19-17-15-13-11-9-7-5-2/h41-42H,4-40,43H2,1-3H3. The second-order valence-electron chi connectivity index (χ2n) is 14.7. The van der Waals surface area contributed by atoms with E-state index in [0.717, 1.165) is 32.8 Å². The molecule has 278 valence electrons. The van der Waals surface area contributed by atoms with Gasteiger partial charge in [0.25, 0.3) is 0 Å². The monoisotopic (exact) mass is 670 g/mol. The van der Waals surface area contributed by atoms with E-state index < -0.39 is 0 Å². The van der Waals surface area contributed by atoms with Crippen molar-refractivity contribution in [3.63, 3.8) is 0 Å². The van der Waals surface area contributed by atoms with Crippen molar-refractivity contribution >= 4 is 12.0 Å². The fourth-order valence-electron chi connectivity index (χ4n) is 6.53. The Morgan fingerprint density at radius 1 is 0.435 bits per heavy atom. The SMILES string of the molecule is CCCCCCCCCCCCCCCCCCOCC(SOCCCCCCCCCCCCCCCCCC)C(C)CCN. The van der Waals surface area contributed by atoms with Gasteiger partial charge >= 0.3 is 0 Å². The second-order valence-corrected chi connectivity index (χ2v) is 15.7. The van der Waals surface area contributed by atoms with Gasteiger partial charge in [0.05, 0.1) is 18.5 Å². The van der Waals surface area contributed by atoms with Gasteiger partial charge in [-0.1, -0.05) is 213 Å². The lowest BCUT2D eigenvalue weighted by Gasteiger charge is -2.22. The third-order valence-corrected chi connectivity index (χ3v) is 11.1. The molecule has 0 amide bonds. The van der Waals surface area contributed by atoms with Crippen LogP contribution in [0.4, 0.5) is 0 Å². The van der Waals surface area contributed by atoms with Crippen LogP contribution in [0, 0.1) is 5.92 Å².